The number of carbonyl (C=O) groups is 2. The molecule has 1 aliphatic heterocycles. The molecule has 3 rings (SSSR count). The van der Waals surface area contributed by atoms with Crippen molar-refractivity contribution in [2.45, 2.75) is 12.5 Å². The molecule has 0 spiro atoms. The average molecular weight is 433 g/mol. The van der Waals surface area contributed by atoms with Gasteiger partial charge in [-0.25, -0.2) is 0 Å². The first-order chi connectivity index (χ1) is 13.8. The Bertz CT molecular complexity index is 958. The Morgan fingerprint density at radius 2 is 1.76 bits per heavy atom. The number of carbonyl (C=O) groups excluding carboxylic acids is 2. The van der Waals surface area contributed by atoms with Crippen LogP contribution in [0.3, 0.4) is 0 Å². The second-order valence-corrected chi connectivity index (χ2v) is 8.00. The standard InChI is InChI=1S/C22H22Cl2N2O3/c1-25(2)11-6-12-26-19(15-9-10-16(23)17(24)13-15)18(21(28)22(26)29)20(27)14-7-4-3-5-8-14/h3-5,7-10,13,19,27H,6,11-12H2,1-2H3/t19-/m0/s1. The van der Waals surface area contributed by atoms with Gasteiger partial charge in [0.15, 0.2) is 0 Å². The van der Waals surface area contributed by atoms with E-state index in [9.17, 15) is 14.7 Å². The van der Waals surface area contributed by atoms with Gasteiger partial charge in [0.2, 0.25) is 0 Å². The molecule has 0 radical (unpaired) electrons. The highest BCUT2D eigenvalue weighted by atomic mass is 35.5. The third-order valence-corrected chi connectivity index (χ3v) is 5.59. The summed E-state index contributed by atoms with van der Waals surface area (Å²) in [6.07, 6.45) is 0.684. The fraction of sp³-hybridized carbons (Fsp3) is 0.273. The van der Waals surface area contributed by atoms with Crippen molar-refractivity contribution in [3.8, 4) is 0 Å². The molecule has 1 N–H and O–H groups in total. The van der Waals surface area contributed by atoms with Crippen molar-refractivity contribution in [1.29, 1.82) is 0 Å². The summed E-state index contributed by atoms with van der Waals surface area (Å²) in [6.45, 7) is 1.13. The molecule has 29 heavy (non-hydrogen) atoms. The molecule has 1 aliphatic rings. The zero-order chi connectivity index (χ0) is 21.1. The Morgan fingerprint density at radius 3 is 2.38 bits per heavy atom. The topological polar surface area (TPSA) is 60.9 Å². The van der Waals surface area contributed by atoms with Gasteiger partial charge in [0, 0.05) is 12.1 Å². The van der Waals surface area contributed by atoms with E-state index in [4.69, 9.17) is 23.2 Å². The number of aliphatic hydroxyl groups is 1. The zero-order valence-corrected chi connectivity index (χ0v) is 17.7. The first kappa shape index (κ1) is 21.4. The molecular weight excluding hydrogens is 411 g/mol. The predicted octanol–water partition coefficient (Wildman–Crippen LogP) is 4.37. The van der Waals surface area contributed by atoms with Crippen LogP contribution in [-0.4, -0.2) is 53.8 Å². The molecule has 7 heteroatoms. The van der Waals surface area contributed by atoms with Crippen molar-refractivity contribution >= 4 is 40.7 Å². The molecule has 1 saturated heterocycles. The second-order valence-electron chi connectivity index (χ2n) is 7.19. The molecule has 0 aromatic heterocycles. The van der Waals surface area contributed by atoms with Gasteiger partial charge in [-0.1, -0.05) is 59.6 Å². The van der Waals surface area contributed by atoms with Gasteiger partial charge in [-0.05, 0) is 44.8 Å². The van der Waals surface area contributed by atoms with Crippen LogP contribution in [0.4, 0.5) is 0 Å². The highest BCUT2D eigenvalue weighted by Crippen LogP contribution is 2.40. The van der Waals surface area contributed by atoms with E-state index >= 15 is 0 Å². The number of amides is 1. The van der Waals surface area contributed by atoms with E-state index < -0.39 is 17.7 Å². The zero-order valence-electron chi connectivity index (χ0n) is 16.2. The highest BCUT2D eigenvalue weighted by Gasteiger charge is 2.45. The minimum atomic E-state index is -0.730. The average Bonchev–Trinajstić information content (AvgIpc) is 2.95. The van der Waals surface area contributed by atoms with Crippen molar-refractivity contribution in [2.75, 3.05) is 27.2 Å². The summed E-state index contributed by atoms with van der Waals surface area (Å²) in [6, 6.07) is 13.0. The molecule has 1 fully saturated rings. The number of hydrogen-bond acceptors (Lipinski definition) is 4. The van der Waals surface area contributed by atoms with E-state index in [-0.39, 0.29) is 11.3 Å². The minimum absolute atomic E-state index is 0.0597. The number of Topliss-reactive ketones (excluding diaryl/α,β-unsaturated/α-hetero) is 1. The smallest absolute Gasteiger partial charge is 0.295 e. The van der Waals surface area contributed by atoms with Crippen LogP contribution < -0.4 is 0 Å². The van der Waals surface area contributed by atoms with Gasteiger partial charge in [0.05, 0.1) is 21.7 Å². The Hall–Kier alpha value is -2.34. The van der Waals surface area contributed by atoms with Gasteiger partial charge < -0.3 is 14.9 Å². The maximum Gasteiger partial charge on any atom is 0.295 e. The molecule has 2 aromatic rings. The Balaban J connectivity index is 2.11. The molecule has 152 valence electrons. The fourth-order valence-corrected chi connectivity index (χ4v) is 3.75. The largest absolute Gasteiger partial charge is 0.507 e. The van der Waals surface area contributed by atoms with Crippen molar-refractivity contribution in [1.82, 2.24) is 9.80 Å². The van der Waals surface area contributed by atoms with Gasteiger partial charge >= 0.3 is 0 Å². The number of aliphatic hydroxyl groups excluding tert-OH is 1. The maximum absolute atomic E-state index is 12.9. The van der Waals surface area contributed by atoms with Gasteiger partial charge in [0.25, 0.3) is 11.7 Å². The Morgan fingerprint density at radius 1 is 1.07 bits per heavy atom. The lowest BCUT2D eigenvalue weighted by Gasteiger charge is -2.26. The molecule has 1 heterocycles. The van der Waals surface area contributed by atoms with Gasteiger partial charge in [0.1, 0.15) is 5.76 Å². The van der Waals surface area contributed by atoms with Crippen molar-refractivity contribution in [3.05, 3.63) is 75.3 Å². The third-order valence-electron chi connectivity index (χ3n) is 4.85. The molecule has 0 bridgehead atoms. The van der Waals surface area contributed by atoms with Gasteiger partial charge in [-0.3, -0.25) is 9.59 Å². The van der Waals surface area contributed by atoms with E-state index in [1.165, 1.54) is 4.90 Å². The number of rotatable bonds is 6. The van der Waals surface area contributed by atoms with Crippen molar-refractivity contribution in [3.63, 3.8) is 0 Å². The van der Waals surface area contributed by atoms with Crippen LogP contribution in [-0.2, 0) is 9.59 Å². The van der Waals surface area contributed by atoms with Crippen LogP contribution in [0, 0.1) is 0 Å². The number of ketones is 1. The lowest BCUT2D eigenvalue weighted by Crippen LogP contribution is -2.32. The second kappa shape index (κ2) is 8.99. The number of benzene rings is 2. The summed E-state index contributed by atoms with van der Waals surface area (Å²) < 4.78 is 0. The summed E-state index contributed by atoms with van der Waals surface area (Å²) >= 11 is 12.2. The van der Waals surface area contributed by atoms with Crippen LogP contribution in [0.25, 0.3) is 5.76 Å². The maximum atomic E-state index is 12.9. The molecule has 0 saturated carbocycles. The molecule has 2 aromatic carbocycles. The van der Waals surface area contributed by atoms with Crippen LogP contribution >= 0.6 is 23.2 Å². The van der Waals surface area contributed by atoms with Gasteiger partial charge in [-0.15, -0.1) is 0 Å². The normalized spacial score (nSPS) is 18.7. The molecule has 0 unspecified atom stereocenters. The molecule has 0 aliphatic carbocycles. The monoisotopic (exact) mass is 432 g/mol. The summed E-state index contributed by atoms with van der Waals surface area (Å²) in [4.78, 5) is 29.2. The quantitative estimate of drug-likeness (QED) is 0.418. The number of halogens is 2. The summed E-state index contributed by atoms with van der Waals surface area (Å²) in [7, 11) is 3.89. The van der Waals surface area contributed by atoms with E-state index in [1.807, 2.05) is 25.1 Å². The van der Waals surface area contributed by atoms with E-state index in [0.29, 0.717) is 34.1 Å². The SMILES string of the molecule is CN(C)CCCN1C(=O)C(=O)C(=C(O)c2ccccc2)[C@@H]1c1ccc(Cl)c(Cl)c1. The highest BCUT2D eigenvalue weighted by molar-refractivity contribution is 6.46. The first-order valence-electron chi connectivity index (χ1n) is 9.24. The molecular formula is C22H22Cl2N2O3. The van der Waals surface area contributed by atoms with E-state index in [2.05, 4.69) is 0 Å². The lowest BCUT2D eigenvalue weighted by atomic mass is 9.95. The van der Waals surface area contributed by atoms with Crippen molar-refractivity contribution in [2.24, 2.45) is 0 Å². The minimum Gasteiger partial charge on any atom is -0.507 e. The third kappa shape index (κ3) is 4.47. The van der Waals surface area contributed by atoms with Crippen LogP contribution in [0.1, 0.15) is 23.6 Å². The number of likely N-dealkylation sites (tertiary alicyclic amines) is 1. The van der Waals surface area contributed by atoms with Gasteiger partial charge in [-0.2, -0.15) is 0 Å². The summed E-state index contributed by atoms with van der Waals surface area (Å²) in [5, 5.41) is 11.6. The van der Waals surface area contributed by atoms with Crippen LogP contribution in [0.2, 0.25) is 10.0 Å². The summed E-state index contributed by atoms with van der Waals surface area (Å²) in [5.41, 5.74) is 1.16. The van der Waals surface area contributed by atoms with E-state index in [1.54, 1.807) is 42.5 Å². The Kier molecular flexibility index (Phi) is 6.63. The van der Waals surface area contributed by atoms with Crippen LogP contribution in [0.15, 0.2) is 54.1 Å². The summed E-state index contributed by atoms with van der Waals surface area (Å²) in [5.74, 6) is -1.53. The number of hydrogen-bond donors (Lipinski definition) is 1. The molecule has 1 atom stereocenters. The fourth-order valence-electron chi connectivity index (χ4n) is 3.45. The predicted molar refractivity (Wildman–Crippen MR) is 115 cm³/mol. The van der Waals surface area contributed by atoms with Crippen LogP contribution in [0.5, 0.6) is 0 Å². The molecule has 1 amide bonds. The lowest BCUT2D eigenvalue weighted by molar-refractivity contribution is -0.139. The Labute approximate surface area is 180 Å². The first-order valence-corrected chi connectivity index (χ1v) is 10.0. The number of nitrogens with zero attached hydrogens (tertiary/aromatic N) is 2. The van der Waals surface area contributed by atoms with Crippen molar-refractivity contribution < 1.29 is 14.7 Å². The molecule has 5 nitrogen and oxygen atoms in total. The van der Waals surface area contributed by atoms with E-state index in [0.717, 1.165) is 6.54 Å².